The molecule has 53 heavy (non-hydrogen) atoms. The fraction of sp³-hybridized carbons (Fsp3) is 0. The van der Waals surface area contributed by atoms with Crippen LogP contribution in [0, 0.1) is 0 Å². The molecule has 4 heterocycles. The maximum Gasteiger partial charge on any atom is 0.137 e. The zero-order valence-electron chi connectivity index (χ0n) is 28.2. The van der Waals surface area contributed by atoms with Gasteiger partial charge in [-0.25, -0.2) is 0 Å². The van der Waals surface area contributed by atoms with Crippen molar-refractivity contribution in [2.24, 2.45) is 0 Å². The second-order valence-electron chi connectivity index (χ2n) is 13.6. The van der Waals surface area contributed by atoms with Gasteiger partial charge in [-0.05, 0) is 83.9 Å². The van der Waals surface area contributed by atoms with Gasteiger partial charge in [-0.3, -0.25) is 0 Å². The van der Waals surface area contributed by atoms with E-state index in [0.29, 0.717) is 0 Å². The van der Waals surface area contributed by atoms with Gasteiger partial charge in [-0.15, -0.1) is 0 Å². The van der Waals surface area contributed by atoms with Crippen molar-refractivity contribution in [3.05, 3.63) is 164 Å². The second kappa shape index (κ2) is 10.6. The standard InChI is InChI=1S/C48H27NO4/c1-4-12-38-33(8-1)35-22-20-30(26-44(35)51-38)49(31-21-23-36-34-9-2-5-13-39(34)52-45(36)27-31)29-18-16-28(17-19-29)32-11-7-15-41-46(32)48-43(53-41)25-24-42-47(48)37-10-3-6-14-40(37)50-42/h1-27H. The van der Waals surface area contributed by atoms with Crippen molar-refractivity contribution in [2.45, 2.75) is 0 Å². The maximum atomic E-state index is 6.46. The van der Waals surface area contributed by atoms with Gasteiger partial charge in [-0.1, -0.05) is 78.9 Å². The molecule has 0 atom stereocenters. The first kappa shape index (κ1) is 28.5. The lowest BCUT2D eigenvalue weighted by atomic mass is 9.97. The van der Waals surface area contributed by atoms with Crippen molar-refractivity contribution in [3.63, 3.8) is 0 Å². The van der Waals surface area contributed by atoms with Gasteiger partial charge >= 0.3 is 0 Å². The number of hydrogen-bond donors (Lipinski definition) is 0. The number of nitrogens with zero attached hydrogens (tertiary/aromatic N) is 1. The molecule has 0 N–H and O–H groups in total. The lowest BCUT2D eigenvalue weighted by molar-refractivity contribution is 0.663. The average molecular weight is 682 g/mol. The zero-order chi connectivity index (χ0) is 34.6. The molecule has 0 radical (unpaired) electrons. The topological polar surface area (TPSA) is 55.8 Å². The molecule has 0 aliphatic carbocycles. The summed E-state index contributed by atoms with van der Waals surface area (Å²) in [5.74, 6) is 0. The Morgan fingerprint density at radius 2 is 0.736 bits per heavy atom. The first-order valence-electron chi connectivity index (χ1n) is 17.7. The molecule has 5 nitrogen and oxygen atoms in total. The van der Waals surface area contributed by atoms with Crippen molar-refractivity contribution in [1.82, 2.24) is 0 Å². The highest BCUT2D eigenvalue weighted by Crippen LogP contribution is 2.45. The molecule has 12 aromatic rings. The van der Waals surface area contributed by atoms with Gasteiger partial charge < -0.3 is 22.6 Å². The summed E-state index contributed by atoms with van der Waals surface area (Å²) in [5.41, 5.74) is 12.0. The molecular weight excluding hydrogens is 655 g/mol. The largest absolute Gasteiger partial charge is 0.456 e. The van der Waals surface area contributed by atoms with E-state index in [9.17, 15) is 0 Å². The fourth-order valence-electron chi connectivity index (χ4n) is 8.31. The molecule has 8 aromatic carbocycles. The van der Waals surface area contributed by atoms with Crippen molar-refractivity contribution >= 4 is 105 Å². The van der Waals surface area contributed by atoms with Crippen LogP contribution in [0.3, 0.4) is 0 Å². The normalized spacial score (nSPS) is 12.2. The first-order chi connectivity index (χ1) is 26.2. The van der Waals surface area contributed by atoms with Crippen molar-refractivity contribution in [3.8, 4) is 11.1 Å². The monoisotopic (exact) mass is 681 g/mol. The molecule has 0 saturated heterocycles. The van der Waals surface area contributed by atoms with E-state index in [1.54, 1.807) is 0 Å². The number of anilines is 3. The van der Waals surface area contributed by atoms with Crippen LogP contribution in [0.5, 0.6) is 0 Å². The predicted molar refractivity (Wildman–Crippen MR) is 216 cm³/mol. The lowest BCUT2D eigenvalue weighted by Crippen LogP contribution is -2.09. The number of hydrogen-bond acceptors (Lipinski definition) is 5. The van der Waals surface area contributed by atoms with Crippen LogP contribution in [0.2, 0.25) is 0 Å². The van der Waals surface area contributed by atoms with E-state index < -0.39 is 0 Å². The number of furan rings is 4. The van der Waals surface area contributed by atoms with Gasteiger partial charge in [0.25, 0.3) is 0 Å². The third kappa shape index (κ3) is 4.13. The summed E-state index contributed by atoms with van der Waals surface area (Å²) in [5, 5.41) is 8.70. The summed E-state index contributed by atoms with van der Waals surface area (Å²) in [6, 6.07) is 56.6. The average Bonchev–Trinajstić information content (AvgIpc) is 3.97. The highest BCUT2D eigenvalue weighted by molar-refractivity contribution is 6.28. The Balaban J connectivity index is 1.04. The summed E-state index contributed by atoms with van der Waals surface area (Å²) < 4.78 is 25.5. The highest BCUT2D eigenvalue weighted by atomic mass is 16.3. The van der Waals surface area contributed by atoms with Crippen LogP contribution in [0.4, 0.5) is 17.1 Å². The molecule has 0 amide bonds. The van der Waals surface area contributed by atoms with Crippen LogP contribution in [0.25, 0.3) is 98.9 Å². The van der Waals surface area contributed by atoms with E-state index in [4.69, 9.17) is 17.7 Å². The molecule has 0 aliphatic rings. The van der Waals surface area contributed by atoms with E-state index >= 15 is 0 Å². The van der Waals surface area contributed by atoms with Crippen molar-refractivity contribution in [2.75, 3.05) is 4.90 Å². The first-order valence-corrected chi connectivity index (χ1v) is 17.7. The van der Waals surface area contributed by atoms with E-state index in [-0.39, 0.29) is 0 Å². The Labute approximate surface area is 301 Å². The van der Waals surface area contributed by atoms with Gasteiger partial charge in [-0.2, -0.15) is 0 Å². The third-order valence-corrected chi connectivity index (χ3v) is 10.7. The molecule has 0 aliphatic heterocycles. The minimum atomic E-state index is 0.840. The highest BCUT2D eigenvalue weighted by Gasteiger charge is 2.21. The van der Waals surface area contributed by atoms with E-state index in [1.165, 1.54) is 0 Å². The molecule has 4 aromatic heterocycles. The molecule has 0 saturated carbocycles. The molecule has 0 fully saturated rings. The number of rotatable bonds is 4. The van der Waals surface area contributed by atoms with Gasteiger partial charge in [0, 0.05) is 72.3 Å². The number of benzene rings is 8. The van der Waals surface area contributed by atoms with Crippen LogP contribution in [0.1, 0.15) is 0 Å². The molecule has 0 bridgehead atoms. The summed E-state index contributed by atoms with van der Waals surface area (Å²) in [4.78, 5) is 2.26. The van der Waals surface area contributed by atoms with Crippen LogP contribution in [-0.4, -0.2) is 0 Å². The van der Waals surface area contributed by atoms with Gasteiger partial charge in [0.15, 0.2) is 0 Å². The van der Waals surface area contributed by atoms with Gasteiger partial charge in [0.1, 0.15) is 44.7 Å². The zero-order valence-corrected chi connectivity index (χ0v) is 28.2. The minimum Gasteiger partial charge on any atom is -0.456 e. The minimum absolute atomic E-state index is 0.840. The quantitative estimate of drug-likeness (QED) is 0.185. The molecule has 12 rings (SSSR count). The van der Waals surface area contributed by atoms with Crippen LogP contribution in [0.15, 0.2) is 181 Å². The number of para-hydroxylation sites is 3. The van der Waals surface area contributed by atoms with Crippen LogP contribution >= 0.6 is 0 Å². The fourth-order valence-corrected chi connectivity index (χ4v) is 8.31. The summed E-state index contributed by atoms with van der Waals surface area (Å²) >= 11 is 0. The molecule has 0 unspecified atom stereocenters. The number of fused-ring (bicyclic) bond motifs is 13. The summed E-state index contributed by atoms with van der Waals surface area (Å²) in [7, 11) is 0. The van der Waals surface area contributed by atoms with E-state index in [0.717, 1.165) is 116 Å². The van der Waals surface area contributed by atoms with Crippen molar-refractivity contribution in [1.29, 1.82) is 0 Å². The van der Waals surface area contributed by atoms with Crippen LogP contribution < -0.4 is 4.90 Å². The Hall–Kier alpha value is -7.24. The lowest BCUT2D eigenvalue weighted by Gasteiger charge is -2.25. The predicted octanol–water partition coefficient (Wildman–Crippen LogP) is 14.4. The maximum absolute atomic E-state index is 6.46. The Morgan fingerprint density at radius 3 is 1.38 bits per heavy atom. The Kier molecular flexibility index (Phi) is 5.71. The molecule has 5 heteroatoms. The van der Waals surface area contributed by atoms with Crippen molar-refractivity contribution < 1.29 is 17.7 Å². The van der Waals surface area contributed by atoms with Gasteiger partial charge in [0.05, 0.1) is 0 Å². The second-order valence-corrected chi connectivity index (χ2v) is 13.6. The van der Waals surface area contributed by atoms with E-state index in [1.807, 2.05) is 54.6 Å². The third-order valence-electron chi connectivity index (χ3n) is 10.7. The Bertz CT molecular complexity index is 3300. The molecule has 0 spiro atoms. The SMILES string of the molecule is c1ccc2c(c1)oc1cc(N(c3ccc(-c4cccc5oc6ccc7oc8ccccc8c7c6c45)cc3)c3ccc4c(c3)oc3ccccc34)ccc12. The van der Waals surface area contributed by atoms with Crippen LogP contribution in [-0.2, 0) is 0 Å². The van der Waals surface area contributed by atoms with Gasteiger partial charge in [0.2, 0.25) is 0 Å². The Morgan fingerprint density at radius 1 is 0.283 bits per heavy atom. The summed E-state index contributed by atoms with van der Waals surface area (Å²) in [6.45, 7) is 0. The molecule has 248 valence electrons. The molecular formula is C48H27NO4. The summed E-state index contributed by atoms with van der Waals surface area (Å²) in [6.07, 6.45) is 0. The van der Waals surface area contributed by atoms with E-state index in [2.05, 4.69) is 114 Å². The smallest absolute Gasteiger partial charge is 0.137 e.